The number of ether oxygens (including phenoxy) is 1. The fourth-order valence-corrected chi connectivity index (χ4v) is 2.06. The van der Waals surface area contributed by atoms with Gasteiger partial charge in [-0.2, -0.15) is 0 Å². The van der Waals surface area contributed by atoms with Gasteiger partial charge in [0.1, 0.15) is 12.3 Å². The van der Waals surface area contributed by atoms with Crippen LogP contribution in [0.25, 0.3) is 0 Å². The summed E-state index contributed by atoms with van der Waals surface area (Å²) in [7, 11) is 0. The molecule has 19 heavy (non-hydrogen) atoms. The van der Waals surface area contributed by atoms with Crippen LogP contribution in [0, 0.1) is 0 Å². The number of aliphatic hydroxyl groups is 4. The fourth-order valence-electron chi connectivity index (χ4n) is 2.06. The van der Waals surface area contributed by atoms with Crippen LogP contribution in [0.2, 0.25) is 0 Å². The van der Waals surface area contributed by atoms with Gasteiger partial charge in [0.25, 0.3) is 5.56 Å². The lowest BCUT2D eigenvalue weighted by molar-refractivity contribution is -0.0713. The van der Waals surface area contributed by atoms with Gasteiger partial charge in [-0.05, 0) is 0 Å². The molecule has 1 aliphatic heterocycles. The van der Waals surface area contributed by atoms with E-state index < -0.39 is 42.6 Å². The van der Waals surface area contributed by atoms with Crippen molar-refractivity contribution >= 4 is 0 Å². The SMILES string of the molecule is O=c1cc(C(O)O)n([C@H]2C[C@H](O)[C@@H](CO)O2)c(=O)[nH]1. The highest BCUT2D eigenvalue weighted by Gasteiger charge is 2.36. The Balaban J connectivity index is 2.46. The zero-order valence-corrected chi connectivity index (χ0v) is 9.76. The molecule has 2 rings (SSSR count). The van der Waals surface area contributed by atoms with E-state index in [4.69, 9.17) is 9.84 Å². The van der Waals surface area contributed by atoms with Crippen molar-refractivity contribution in [3.63, 3.8) is 0 Å². The second-order valence-corrected chi connectivity index (χ2v) is 4.22. The van der Waals surface area contributed by atoms with E-state index in [2.05, 4.69) is 0 Å². The Kier molecular flexibility index (Phi) is 3.83. The first kappa shape index (κ1) is 13.9. The number of aromatic nitrogens is 2. The number of nitrogens with one attached hydrogen (secondary N) is 1. The minimum atomic E-state index is -2.04. The highest BCUT2D eigenvalue weighted by atomic mass is 16.5. The van der Waals surface area contributed by atoms with Crippen molar-refractivity contribution in [2.24, 2.45) is 0 Å². The summed E-state index contributed by atoms with van der Waals surface area (Å²) in [5.74, 6) is 0. The lowest BCUT2D eigenvalue weighted by atomic mass is 10.2. The van der Waals surface area contributed by atoms with Crippen LogP contribution in [0.15, 0.2) is 15.7 Å². The predicted octanol–water partition coefficient (Wildman–Crippen LogP) is -2.84. The fraction of sp³-hybridized carbons (Fsp3) is 0.600. The van der Waals surface area contributed by atoms with Gasteiger partial charge < -0.3 is 25.2 Å². The van der Waals surface area contributed by atoms with Crippen LogP contribution in [0.4, 0.5) is 0 Å². The molecule has 0 bridgehead atoms. The van der Waals surface area contributed by atoms with Gasteiger partial charge >= 0.3 is 5.69 Å². The molecular formula is C10H14N2O7. The van der Waals surface area contributed by atoms with E-state index in [-0.39, 0.29) is 12.1 Å². The largest absolute Gasteiger partial charge is 0.394 e. The third-order valence-electron chi connectivity index (χ3n) is 2.94. The summed E-state index contributed by atoms with van der Waals surface area (Å²) in [6, 6.07) is 0.855. The van der Waals surface area contributed by atoms with E-state index in [1.807, 2.05) is 4.98 Å². The number of aromatic amines is 1. The topological polar surface area (TPSA) is 145 Å². The smallest absolute Gasteiger partial charge is 0.330 e. The molecule has 106 valence electrons. The molecule has 0 aromatic carbocycles. The Morgan fingerprint density at radius 2 is 2.16 bits per heavy atom. The Bertz CT molecular complexity index is 564. The maximum atomic E-state index is 11.7. The lowest BCUT2D eigenvalue weighted by Gasteiger charge is -2.19. The number of rotatable bonds is 3. The lowest BCUT2D eigenvalue weighted by Crippen LogP contribution is -2.36. The highest BCUT2D eigenvalue weighted by Crippen LogP contribution is 2.28. The standard InChI is InChI=1S/C10H14N2O7/c13-3-6-5(14)2-8(19-6)12-4(9(16)17)1-7(15)11-10(12)18/h1,5-6,8-9,13-14,16-17H,2-3H2,(H,11,15,18)/t5-,6+,8+/m0/s1. The molecule has 3 atom stereocenters. The van der Waals surface area contributed by atoms with Crippen molar-refractivity contribution in [2.45, 2.75) is 31.1 Å². The van der Waals surface area contributed by atoms with Crippen molar-refractivity contribution in [3.8, 4) is 0 Å². The number of hydrogen-bond acceptors (Lipinski definition) is 7. The summed E-state index contributed by atoms with van der Waals surface area (Å²) >= 11 is 0. The van der Waals surface area contributed by atoms with E-state index in [0.29, 0.717) is 0 Å². The molecule has 0 unspecified atom stereocenters. The van der Waals surface area contributed by atoms with Gasteiger partial charge in [-0.25, -0.2) is 4.79 Å². The summed E-state index contributed by atoms with van der Waals surface area (Å²) < 4.78 is 6.08. The maximum absolute atomic E-state index is 11.7. The minimum Gasteiger partial charge on any atom is -0.394 e. The summed E-state index contributed by atoms with van der Waals surface area (Å²) in [5, 5.41) is 36.9. The first-order valence-corrected chi connectivity index (χ1v) is 5.60. The number of nitrogens with zero attached hydrogens (tertiary/aromatic N) is 1. The number of hydrogen-bond donors (Lipinski definition) is 5. The molecular weight excluding hydrogens is 260 g/mol. The first-order chi connectivity index (χ1) is 8.93. The average Bonchev–Trinajstić information content (AvgIpc) is 2.68. The molecule has 1 aliphatic rings. The van der Waals surface area contributed by atoms with Gasteiger partial charge in [-0.1, -0.05) is 0 Å². The van der Waals surface area contributed by atoms with Crippen molar-refractivity contribution < 1.29 is 25.2 Å². The summed E-state index contributed by atoms with van der Waals surface area (Å²) in [4.78, 5) is 24.8. The summed E-state index contributed by atoms with van der Waals surface area (Å²) in [6.45, 7) is -0.438. The molecule has 0 saturated carbocycles. The number of H-pyrrole nitrogens is 1. The maximum Gasteiger partial charge on any atom is 0.330 e. The first-order valence-electron chi connectivity index (χ1n) is 5.60. The van der Waals surface area contributed by atoms with Crippen molar-refractivity contribution in [1.82, 2.24) is 9.55 Å². The summed E-state index contributed by atoms with van der Waals surface area (Å²) in [5.41, 5.74) is -2.00. The number of aliphatic hydroxyl groups excluding tert-OH is 3. The van der Waals surface area contributed by atoms with E-state index in [0.717, 1.165) is 10.6 Å². The zero-order chi connectivity index (χ0) is 14.2. The Hall–Kier alpha value is -1.52. The van der Waals surface area contributed by atoms with Gasteiger partial charge in [-0.15, -0.1) is 0 Å². The second-order valence-electron chi connectivity index (χ2n) is 4.22. The average molecular weight is 274 g/mol. The molecule has 9 nitrogen and oxygen atoms in total. The molecule has 0 radical (unpaired) electrons. The van der Waals surface area contributed by atoms with Crippen molar-refractivity contribution in [3.05, 3.63) is 32.6 Å². The van der Waals surface area contributed by atoms with Crippen LogP contribution in [0.1, 0.15) is 24.6 Å². The second kappa shape index (κ2) is 5.23. The molecule has 9 heteroatoms. The monoisotopic (exact) mass is 274 g/mol. The van der Waals surface area contributed by atoms with E-state index >= 15 is 0 Å². The molecule has 0 spiro atoms. The van der Waals surface area contributed by atoms with Gasteiger partial charge in [0, 0.05) is 12.5 Å². The van der Waals surface area contributed by atoms with Crippen LogP contribution in [-0.4, -0.2) is 48.8 Å². The molecule has 0 amide bonds. The molecule has 2 heterocycles. The third kappa shape index (κ3) is 2.60. The van der Waals surface area contributed by atoms with E-state index in [1.165, 1.54) is 0 Å². The van der Waals surface area contributed by atoms with Gasteiger partial charge in [0.05, 0.1) is 18.4 Å². The van der Waals surface area contributed by atoms with E-state index in [9.17, 15) is 24.9 Å². The summed E-state index contributed by atoms with van der Waals surface area (Å²) in [6.07, 6.45) is -4.90. The van der Waals surface area contributed by atoms with Gasteiger partial charge in [0.15, 0.2) is 6.29 Å². The minimum absolute atomic E-state index is 0.0170. The molecule has 1 aromatic heterocycles. The van der Waals surface area contributed by atoms with Crippen LogP contribution < -0.4 is 11.2 Å². The van der Waals surface area contributed by atoms with Crippen molar-refractivity contribution in [2.75, 3.05) is 6.61 Å². The molecule has 1 aromatic rings. The van der Waals surface area contributed by atoms with Crippen molar-refractivity contribution in [1.29, 1.82) is 0 Å². The van der Waals surface area contributed by atoms with E-state index in [1.54, 1.807) is 0 Å². The normalized spacial score (nSPS) is 27.1. The molecule has 1 saturated heterocycles. The Labute approximate surface area is 106 Å². The zero-order valence-electron chi connectivity index (χ0n) is 9.76. The van der Waals surface area contributed by atoms with Crippen LogP contribution >= 0.6 is 0 Å². The van der Waals surface area contributed by atoms with Gasteiger partial charge in [0.2, 0.25) is 0 Å². The van der Waals surface area contributed by atoms with Crippen LogP contribution in [0.3, 0.4) is 0 Å². The van der Waals surface area contributed by atoms with Gasteiger partial charge in [-0.3, -0.25) is 14.3 Å². The van der Waals surface area contributed by atoms with Crippen LogP contribution in [-0.2, 0) is 4.74 Å². The van der Waals surface area contributed by atoms with Crippen LogP contribution in [0.5, 0.6) is 0 Å². The molecule has 5 N–H and O–H groups in total. The Morgan fingerprint density at radius 1 is 1.47 bits per heavy atom. The predicted molar refractivity (Wildman–Crippen MR) is 60.1 cm³/mol. The quantitative estimate of drug-likeness (QED) is 0.373. The Morgan fingerprint density at radius 3 is 2.68 bits per heavy atom. The molecule has 0 aliphatic carbocycles. The molecule has 1 fully saturated rings. The highest BCUT2D eigenvalue weighted by molar-refractivity contribution is 5.04. The third-order valence-corrected chi connectivity index (χ3v) is 2.94.